The Kier molecular flexibility index (Phi) is 3.81. The van der Waals surface area contributed by atoms with Crippen LogP contribution in [0.1, 0.15) is 37.4 Å². The highest BCUT2D eigenvalue weighted by Crippen LogP contribution is 2.47. The van der Waals surface area contributed by atoms with Gasteiger partial charge in [-0.25, -0.2) is 0 Å². The summed E-state index contributed by atoms with van der Waals surface area (Å²) in [6, 6.07) is 8.44. The number of aryl methyl sites for hydroxylation is 1. The number of hydrogen-bond donors (Lipinski definition) is 1. The Hall–Kier alpha value is -1.68. The molecule has 21 heavy (non-hydrogen) atoms. The van der Waals surface area contributed by atoms with E-state index in [-0.39, 0.29) is 29.7 Å². The summed E-state index contributed by atoms with van der Waals surface area (Å²) in [5, 5.41) is 3.39. The van der Waals surface area contributed by atoms with Gasteiger partial charge in [-0.05, 0) is 30.5 Å². The molecule has 112 valence electrons. The normalized spacial score (nSPS) is 25.1. The van der Waals surface area contributed by atoms with E-state index in [1.54, 1.807) is 0 Å². The van der Waals surface area contributed by atoms with Gasteiger partial charge in [-0.15, -0.1) is 0 Å². The summed E-state index contributed by atoms with van der Waals surface area (Å²) in [5.41, 5.74) is 2.43. The number of likely N-dealkylation sites (N-methyl/N-ethyl adjacent to an activating group) is 1. The fourth-order valence-corrected chi connectivity index (χ4v) is 3.13. The molecule has 3 atom stereocenters. The van der Waals surface area contributed by atoms with Gasteiger partial charge in [0, 0.05) is 6.54 Å². The number of carbonyl (C=O) groups is 2. The summed E-state index contributed by atoms with van der Waals surface area (Å²) in [6.45, 7) is 5.43. The van der Waals surface area contributed by atoms with E-state index < -0.39 is 0 Å². The van der Waals surface area contributed by atoms with Crippen LogP contribution in [0, 0.1) is 11.8 Å². The summed E-state index contributed by atoms with van der Waals surface area (Å²) < 4.78 is 0. The van der Waals surface area contributed by atoms with Gasteiger partial charge in [-0.3, -0.25) is 14.5 Å². The lowest BCUT2D eigenvalue weighted by Crippen LogP contribution is -2.40. The molecule has 1 aromatic rings. The van der Waals surface area contributed by atoms with Gasteiger partial charge in [0.1, 0.15) is 0 Å². The van der Waals surface area contributed by atoms with Crippen molar-refractivity contribution in [1.82, 2.24) is 10.2 Å². The minimum absolute atomic E-state index is 0.0118. The smallest absolute Gasteiger partial charge is 0.233 e. The molecular formula is C17H22N2O2. The zero-order valence-electron chi connectivity index (χ0n) is 12.6. The second-order valence-corrected chi connectivity index (χ2v) is 5.94. The number of likely N-dealkylation sites (tertiary alicyclic amines) is 1. The molecule has 0 aromatic heterocycles. The van der Waals surface area contributed by atoms with E-state index in [0.717, 1.165) is 24.9 Å². The van der Waals surface area contributed by atoms with Gasteiger partial charge in [0.25, 0.3) is 0 Å². The molecule has 1 heterocycles. The van der Waals surface area contributed by atoms with Crippen molar-refractivity contribution < 1.29 is 9.59 Å². The van der Waals surface area contributed by atoms with Crippen molar-refractivity contribution in [1.29, 1.82) is 0 Å². The number of nitrogens with one attached hydrogen (secondary N) is 1. The third-order valence-electron chi connectivity index (χ3n) is 4.56. The number of fused-ring (bicyclic) bond motifs is 1. The Morgan fingerprint density at radius 3 is 2.29 bits per heavy atom. The number of nitrogens with zero attached hydrogens (tertiary/aromatic N) is 1. The van der Waals surface area contributed by atoms with Crippen molar-refractivity contribution in [2.24, 2.45) is 11.8 Å². The van der Waals surface area contributed by atoms with Crippen molar-refractivity contribution in [3.8, 4) is 0 Å². The molecule has 0 spiro atoms. The van der Waals surface area contributed by atoms with Crippen molar-refractivity contribution in [2.45, 2.75) is 32.7 Å². The van der Waals surface area contributed by atoms with Gasteiger partial charge < -0.3 is 5.32 Å². The Labute approximate surface area is 125 Å². The molecule has 1 saturated carbocycles. The fraction of sp³-hybridized carbons (Fsp3) is 0.529. The van der Waals surface area contributed by atoms with Gasteiger partial charge in [-0.2, -0.15) is 0 Å². The molecule has 4 heteroatoms. The predicted octanol–water partition coefficient (Wildman–Crippen LogP) is 1.90. The maximum Gasteiger partial charge on any atom is 0.233 e. The first-order valence-corrected chi connectivity index (χ1v) is 7.83. The Morgan fingerprint density at radius 1 is 1.14 bits per heavy atom. The van der Waals surface area contributed by atoms with E-state index >= 15 is 0 Å². The van der Waals surface area contributed by atoms with Gasteiger partial charge in [0.15, 0.2) is 0 Å². The lowest BCUT2D eigenvalue weighted by atomic mass is 10.0. The second kappa shape index (κ2) is 5.60. The van der Waals surface area contributed by atoms with Crippen LogP contribution in [0.25, 0.3) is 0 Å². The molecule has 1 aliphatic heterocycles. The number of amides is 2. The van der Waals surface area contributed by atoms with E-state index in [1.807, 2.05) is 6.92 Å². The van der Waals surface area contributed by atoms with Crippen molar-refractivity contribution in [3.63, 3.8) is 0 Å². The number of benzene rings is 1. The highest BCUT2D eigenvalue weighted by Gasteiger charge is 2.58. The molecule has 3 unspecified atom stereocenters. The Balaban J connectivity index is 1.75. The zero-order chi connectivity index (χ0) is 15.0. The van der Waals surface area contributed by atoms with Gasteiger partial charge in [-0.1, -0.05) is 38.1 Å². The Bertz CT molecular complexity index is 532. The molecular weight excluding hydrogens is 264 g/mol. The Morgan fingerprint density at radius 2 is 1.76 bits per heavy atom. The van der Waals surface area contributed by atoms with Crippen molar-refractivity contribution in [2.75, 3.05) is 13.1 Å². The number of rotatable bonds is 6. The number of imide groups is 1. The molecule has 1 aliphatic carbocycles. The minimum Gasteiger partial charge on any atom is -0.309 e. The molecule has 3 rings (SSSR count). The monoisotopic (exact) mass is 286 g/mol. The summed E-state index contributed by atoms with van der Waals surface area (Å²) in [5.74, 6) is 0.0284. The average Bonchev–Trinajstić information content (AvgIpc) is 3.26. The SMILES string of the molecule is CCNC(CN1C(=O)C2CC2C1=O)c1ccc(CC)cc1. The highest BCUT2D eigenvalue weighted by atomic mass is 16.2. The first-order chi connectivity index (χ1) is 10.2. The lowest BCUT2D eigenvalue weighted by molar-refractivity contribution is -0.141. The number of hydrogen-bond acceptors (Lipinski definition) is 3. The maximum atomic E-state index is 12.1. The van der Waals surface area contributed by atoms with E-state index in [1.165, 1.54) is 10.5 Å². The van der Waals surface area contributed by atoms with Crippen LogP contribution in [0.15, 0.2) is 24.3 Å². The van der Waals surface area contributed by atoms with Crippen LogP contribution in [-0.2, 0) is 16.0 Å². The van der Waals surface area contributed by atoms with Gasteiger partial charge >= 0.3 is 0 Å². The summed E-state index contributed by atoms with van der Waals surface area (Å²) in [6.07, 6.45) is 1.78. The predicted molar refractivity (Wildman–Crippen MR) is 80.6 cm³/mol. The molecule has 2 amide bonds. The third-order valence-corrected chi connectivity index (χ3v) is 4.56. The first kappa shape index (κ1) is 14.3. The molecule has 1 N–H and O–H groups in total. The first-order valence-electron chi connectivity index (χ1n) is 7.83. The summed E-state index contributed by atoms with van der Waals surface area (Å²) in [4.78, 5) is 25.7. The van der Waals surface area contributed by atoms with Crippen LogP contribution in [0.4, 0.5) is 0 Å². The summed E-state index contributed by atoms with van der Waals surface area (Å²) >= 11 is 0. The topological polar surface area (TPSA) is 49.4 Å². The molecule has 0 bridgehead atoms. The van der Waals surface area contributed by atoms with E-state index in [4.69, 9.17) is 0 Å². The van der Waals surface area contributed by atoms with Crippen LogP contribution in [0.5, 0.6) is 0 Å². The standard InChI is InChI=1S/C17H22N2O2/c1-3-11-5-7-12(8-6-11)15(18-4-2)10-19-16(20)13-9-14(13)17(19)21/h5-8,13-15,18H,3-4,9-10H2,1-2H3. The van der Waals surface area contributed by atoms with E-state index in [0.29, 0.717) is 6.54 Å². The van der Waals surface area contributed by atoms with Gasteiger partial charge in [0.05, 0.1) is 17.9 Å². The molecule has 1 saturated heterocycles. The van der Waals surface area contributed by atoms with Crippen LogP contribution >= 0.6 is 0 Å². The summed E-state index contributed by atoms with van der Waals surface area (Å²) in [7, 11) is 0. The van der Waals surface area contributed by atoms with Crippen LogP contribution in [0.2, 0.25) is 0 Å². The number of carbonyl (C=O) groups excluding carboxylic acids is 2. The molecule has 2 fully saturated rings. The fourth-order valence-electron chi connectivity index (χ4n) is 3.13. The maximum absolute atomic E-state index is 12.1. The quantitative estimate of drug-likeness (QED) is 0.813. The van der Waals surface area contributed by atoms with E-state index in [2.05, 4.69) is 36.5 Å². The van der Waals surface area contributed by atoms with Crippen LogP contribution in [-0.4, -0.2) is 29.8 Å². The minimum atomic E-state index is -0.0118. The zero-order valence-corrected chi connectivity index (χ0v) is 12.6. The average molecular weight is 286 g/mol. The highest BCUT2D eigenvalue weighted by molar-refractivity contribution is 6.08. The molecule has 4 nitrogen and oxygen atoms in total. The number of piperidine rings is 1. The molecule has 1 aromatic carbocycles. The van der Waals surface area contributed by atoms with Crippen molar-refractivity contribution >= 4 is 11.8 Å². The third kappa shape index (κ3) is 2.60. The van der Waals surface area contributed by atoms with Crippen molar-refractivity contribution in [3.05, 3.63) is 35.4 Å². The lowest BCUT2D eigenvalue weighted by Gasteiger charge is -2.25. The van der Waals surface area contributed by atoms with Crippen LogP contribution < -0.4 is 5.32 Å². The second-order valence-electron chi connectivity index (χ2n) is 5.94. The van der Waals surface area contributed by atoms with Crippen LogP contribution in [0.3, 0.4) is 0 Å². The molecule has 2 aliphatic rings. The largest absolute Gasteiger partial charge is 0.309 e. The van der Waals surface area contributed by atoms with Gasteiger partial charge in [0.2, 0.25) is 11.8 Å². The van der Waals surface area contributed by atoms with E-state index in [9.17, 15) is 9.59 Å². The molecule has 0 radical (unpaired) electrons.